The highest BCUT2D eigenvalue weighted by Crippen LogP contribution is 2.02. The van der Waals surface area contributed by atoms with E-state index < -0.39 is 0 Å². The van der Waals surface area contributed by atoms with Crippen LogP contribution in [0, 0.1) is 0 Å². The monoisotopic (exact) mass is 145 g/mol. The first-order valence-electron chi connectivity index (χ1n) is 3.25. The van der Waals surface area contributed by atoms with Gasteiger partial charge in [-0.05, 0) is 12.2 Å². The standard InChI is InChI=1S/C7H15NS/c1-3-5-7(8)6-9-4-2/h3,7H,1,4-6,8H2,2H3. The van der Waals surface area contributed by atoms with Crippen molar-refractivity contribution < 1.29 is 0 Å². The molecule has 9 heavy (non-hydrogen) atoms. The molecule has 0 bridgehead atoms. The second-order valence-corrected chi connectivity index (χ2v) is 3.26. The van der Waals surface area contributed by atoms with Crippen LogP contribution in [0.1, 0.15) is 13.3 Å². The van der Waals surface area contributed by atoms with Gasteiger partial charge in [-0.25, -0.2) is 0 Å². The molecule has 0 aromatic heterocycles. The summed E-state index contributed by atoms with van der Waals surface area (Å²) in [6.45, 7) is 5.76. The zero-order chi connectivity index (χ0) is 7.11. The topological polar surface area (TPSA) is 26.0 Å². The molecular formula is C7H15NS. The lowest BCUT2D eigenvalue weighted by molar-refractivity contribution is 0.769. The molecule has 0 amide bonds. The summed E-state index contributed by atoms with van der Waals surface area (Å²) < 4.78 is 0. The molecule has 0 aliphatic rings. The van der Waals surface area contributed by atoms with Gasteiger partial charge in [-0.1, -0.05) is 13.0 Å². The summed E-state index contributed by atoms with van der Waals surface area (Å²) in [7, 11) is 0. The summed E-state index contributed by atoms with van der Waals surface area (Å²) in [6.07, 6.45) is 2.81. The Morgan fingerprint density at radius 2 is 2.44 bits per heavy atom. The largest absolute Gasteiger partial charge is 0.327 e. The Balaban J connectivity index is 3.04. The van der Waals surface area contributed by atoms with E-state index in [9.17, 15) is 0 Å². The smallest absolute Gasteiger partial charge is 0.0165 e. The van der Waals surface area contributed by atoms with Crippen LogP contribution in [0.3, 0.4) is 0 Å². The van der Waals surface area contributed by atoms with Gasteiger partial charge in [-0.3, -0.25) is 0 Å². The molecule has 0 radical (unpaired) electrons. The maximum atomic E-state index is 5.68. The van der Waals surface area contributed by atoms with E-state index in [0.29, 0.717) is 6.04 Å². The number of hydrogen-bond donors (Lipinski definition) is 1. The van der Waals surface area contributed by atoms with Crippen LogP contribution in [0.15, 0.2) is 12.7 Å². The van der Waals surface area contributed by atoms with Crippen molar-refractivity contribution >= 4 is 11.8 Å². The van der Waals surface area contributed by atoms with Gasteiger partial charge in [-0.2, -0.15) is 11.8 Å². The maximum Gasteiger partial charge on any atom is 0.0165 e. The Bertz CT molecular complexity index is 73.3. The highest BCUT2D eigenvalue weighted by atomic mass is 32.2. The average molecular weight is 145 g/mol. The zero-order valence-electron chi connectivity index (χ0n) is 5.97. The number of rotatable bonds is 5. The first-order chi connectivity index (χ1) is 4.31. The molecule has 0 saturated carbocycles. The van der Waals surface area contributed by atoms with E-state index in [2.05, 4.69) is 13.5 Å². The van der Waals surface area contributed by atoms with Gasteiger partial charge >= 0.3 is 0 Å². The van der Waals surface area contributed by atoms with E-state index in [1.165, 1.54) is 0 Å². The fourth-order valence-electron chi connectivity index (χ4n) is 0.551. The van der Waals surface area contributed by atoms with Crippen molar-refractivity contribution in [3.05, 3.63) is 12.7 Å². The molecule has 2 N–H and O–H groups in total. The first kappa shape index (κ1) is 9.05. The molecule has 0 aromatic rings. The summed E-state index contributed by atoms with van der Waals surface area (Å²) >= 11 is 1.88. The van der Waals surface area contributed by atoms with Gasteiger partial charge in [0.2, 0.25) is 0 Å². The molecule has 1 nitrogen and oxygen atoms in total. The minimum absolute atomic E-state index is 0.312. The third kappa shape index (κ3) is 5.93. The number of thioether (sulfide) groups is 1. The van der Waals surface area contributed by atoms with Gasteiger partial charge in [0.1, 0.15) is 0 Å². The Hall–Kier alpha value is 0.0500. The van der Waals surface area contributed by atoms with Crippen LogP contribution in [0.25, 0.3) is 0 Å². The van der Waals surface area contributed by atoms with Crippen molar-refractivity contribution in [1.29, 1.82) is 0 Å². The second-order valence-electron chi connectivity index (χ2n) is 1.94. The van der Waals surface area contributed by atoms with Crippen LogP contribution in [0.2, 0.25) is 0 Å². The minimum Gasteiger partial charge on any atom is -0.327 e. The molecule has 0 rings (SSSR count). The van der Waals surface area contributed by atoms with Crippen LogP contribution in [-0.4, -0.2) is 17.5 Å². The lowest BCUT2D eigenvalue weighted by atomic mass is 10.2. The average Bonchev–Trinajstić information content (AvgIpc) is 1.85. The van der Waals surface area contributed by atoms with Crippen molar-refractivity contribution in [2.45, 2.75) is 19.4 Å². The van der Waals surface area contributed by atoms with Gasteiger partial charge < -0.3 is 5.73 Å². The molecule has 0 spiro atoms. The highest BCUT2D eigenvalue weighted by molar-refractivity contribution is 7.99. The van der Waals surface area contributed by atoms with E-state index >= 15 is 0 Å². The fraction of sp³-hybridized carbons (Fsp3) is 0.714. The second kappa shape index (κ2) is 6.17. The van der Waals surface area contributed by atoms with Crippen LogP contribution in [0.5, 0.6) is 0 Å². The van der Waals surface area contributed by atoms with Gasteiger partial charge in [0.25, 0.3) is 0 Å². The van der Waals surface area contributed by atoms with Gasteiger partial charge in [0, 0.05) is 11.8 Å². The van der Waals surface area contributed by atoms with E-state index in [4.69, 9.17) is 5.73 Å². The number of hydrogen-bond acceptors (Lipinski definition) is 2. The quantitative estimate of drug-likeness (QED) is 0.595. The third-order valence-corrected chi connectivity index (χ3v) is 2.08. The Kier molecular flexibility index (Phi) is 6.21. The predicted molar refractivity (Wildman–Crippen MR) is 45.8 cm³/mol. The number of nitrogens with two attached hydrogens (primary N) is 1. The maximum absolute atomic E-state index is 5.68. The summed E-state index contributed by atoms with van der Waals surface area (Å²) in [5.74, 6) is 2.22. The Morgan fingerprint density at radius 1 is 1.78 bits per heavy atom. The van der Waals surface area contributed by atoms with Crippen molar-refractivity contribution in [3.8, 4) is 0 Å². The predicted octanol–water partition coefficient (Wildman–Crippen LogP) is 1.64. The van der Waals surface area contributed by atoms with E-state index in [0.717, 1.165) is 17.9 Å². The molecule has 54 valence electrons. The summed E-state index contributed by atoms with van der Waals surface area (Å²) in [4.78, 5) is 0. The zero-order valence-corrected chi connectivity index (χ0v) is 6.79. The summed E-state index contributed by atoms with van der Waals surface area (Å²) in [6, 6.07) is 0.312. The highest BCUT2D eigenvalue weighted by Gasteiger charge is 1.96. The van der Waals surface area contributed by atoms with E-state index in [1.54, 1.807) is 0 Å². The van der Waals surface area contributed by atoms with Crippen LogP contribution in [0.4, 0.5) is 0 Å². The van der Waals surface area contributed by atoms with Crippen molar-refractivity contribution in [2.75, 3.05) is 11.5 Å². The lowest BCUT2D eigenvalue weighted by Crippen LogP contribution is -2.21. The molecule has 1 unspecified atom stereocenters. The Labute approximate surface area is 61.7 Å². The molecule has 1 atom stereocenters. The molecule has 0 aromatic carbocycles. The molecular weight excluding hydrogens is 130 g/mol. The van der Waals surface area contributed by atoms with Crippen LogP contribution < -0.4 is 5.73 Å². The normalized spacial score (nSPS) is 13.1. The SMILES string of the molecule is C=CCC(N)CSCC. The third-order valence-electron chi connectivity index (χ3n) is 1.01. The van der Waals surface area contributed by atoms with E-state index in [1.807, 2.05) is 17.8 Å². The molecule has 0 aliphatic carbocycles. The van der Waals surface area contributed by atoms with Crippen LogP contribution >= 0.6 is 11.8 Å². The van der Waals surface area contributed by atoms with Gasteiger partial charge in [0.05, 0.1) is 0 Å². The molecule has 0 fully saturated rings. The van der Waals surface area contributed by atoms with E-state index in [-0.39, 0.29) is 0 Å². The van der Waals surface area contributed by atoms with Crippen molar-refractivity contribution in [1.82, 2.24) is 0 Å². The minimum atomic E-state index is 0.312. The first-order valence-corrected chi connectivity index (χ1v) is 4.41. The Morgan fingerprint density at radius 3 is 2.89 bits per heavy atom. The van der Waals surface area contributed by atoms with Gasteiger partial charge in [-0.15, -0.1) is 6.58 Å². The summed E-state index contributed by atoms with van der Waals surface area (Å²) in [5.41, 5.74) is 5.68. The fourth-order valence-corrected chi connectivity index (χ4v) is 1.23. The van der Waals surface area contributed by atoms with Gasteiger partial charge in [0.15, 0.2) is 0 Å². The van der Waals surface area contributed by atoms with Crippen molar-refractivity contribution in [2.24, 2.45) is 5.73 Å². The molecule has 0 aliphatic heterocycles. The summed E-state index contributed by atoms with van der Waals surface area (Å²) in [5, 5.41) is 0. The van der Waals surface area contributed by atoms with Crippen LogP contribution in [-0.2, 0) is 0 Å². The molecule has 0 heterocycles. The van der Waals surface area contributed by atoms with Crippen molar-refractivity contribution in [3.63, 3.8) is 0 Å². The molecule has 2 heteroatoms. The lowest BCUT2D eigenvalue weighted by Gasteiger charge is -2.05. The molecule has 0 saturated heterocycles.